The van der Waals surface area contributed by atoms with Crippen LogP contribution in [0.5, 0.6) is 6.01 Å². The van der Waals surface area contributed by atoms with E-state index in [1.807, 2.05) is 6.07 Å². The quantitative estimate of drug-likeness (QED) is 0.605. The summed E-state index contributed by atoms with van der Waals surface area (Å²) in [4.78, 5) is 35.5. The highest BCUT2D eigenvalue weighted by Gasteiger charge is 2.25. The molecule has 1 amide bonds. The Bertz CT molecular complexity index is 1250. The van der Waals surface area contributed by atoms with Crippen molar-refractivity contribution in [1.82, 2.24) is 19.9 Å². The van der Waals surface area contributed by atoms with Gasteiger partial charge in [-0.15, -0.1) is 0 Å². The maximum atomic E-state index is 13.9. The number of hydrogen-bond acceptors (Lipinski definition) is 7. The lowest BCUT2D eigenvalue weighted by Gasteiger charge is -2.38. The third-order valence-electron chi connectivity index (χ3n) is 5.46. The fraction of sp³-hybridized carbons (Fsp3) is 0.364. The monoisotopic (exact) mass is 458 g/mol. The number of nitrogens with one attached hydrogen (secondary N) is 2. The average molecular weight is 458 g/mol. The summed E-state index contributed by atoms with van der Waals surface area (Å²) in [6.45, 7) is 4.51. The molecule has 1 fully saturated rings. The molecule has 0 bridgehead atoms. The van der Waals surface area contributed by atoms with Crippen LogP contribution in [0.15, 0.2) is 35.4 Å². The molecule has 0 aliphatic carbocycles. The number of carbonyl (C=O) groups is 1. The molecule has 0 saturated carbocycles. The third kappa shape index (κ3) is 4.49. The summed E-state index contributed by atoms with van der Waals surface area (Å²) in [5.74, 6) is -1.77. The zero-order valence-electron chi connectivity index (χ0n) is 18.4. The summed E-state index contributed by atoms with van der Waals surface area (Å²) in [6, 6.07) is 4.92. The van der Waals surface area contributed by atoms with E-state index < -0.39 is 24.1 Å². The first kappa shape index (κ1) is 22.6. The maximum absolute atomic E-state index is 13.9. The Hall–Kier alpha value is -3.60. The van der Waals surface area contributed by atoms with Crippen molar-refractivity contribution in [2.75, 3.05) is 30.4 Å². The molecule has 33 heavy (non-hydrogen) atoms. The van der Waals surface area contributed by atoms with Crippen molar-refractivity contribution < 1.29 is 18.3 Å². The number of methoxy groups -OCH3 is 1. The van der Waals surface area contributed by atoms with E-state index in [1.54, 1.807) is 12.3 Å². The number of rotatable bonds is 5. The van der Waals surface area contributed by atoms with Crippen molar-refractivity contribution in [1.29, 1.82) is 0 Å². The largest absolute Gasteiger partial charge is 0.467 e. The molecule has 11 heteroatoms. The summed E-state index contributed by atoms with van der Waals surface area (Å²) in [5.41, 5.74) is 0.264. The first-order valence-electron chi connectivity index (χ1n) is 10.4. The molecule has 0 unspecified atom stereocenters. The second-order valence-electron chi connectivity index (χ2n) is 8.05. The standard InChI is InChI=1S/C22H24F2N6O3/c1-12-8-29(9-13(2)26-12)18-5-4-15(19-16(18)7-25-22(28-19)33-3)20(31)27-14-6-17(24)21(32)30(10-14)11-23/h4-7,10,12-13,26H,8-9,11H2,1-3H3,(H,27,31)/t12-,13-/m0/s1. The van der Waals surface area contributed by atoms with E-state index in [2.05, 4.69) is 39.3 Å². The molecule has 1 aliphatic rings. The lowest BCUT2D eigenvalue weighted by Crippen LogP contribution is -2.54. The molecule has 1 saturated heterocycles. The zero-order chi connectivity index (χ0) is 23.7. The number of hydrogen-bond donors (Lipinski definition) is 2. The van der Waals surface area contributed by atoms with E-state index in [0.717, 1.165) is 31.0 Å². The predicted octanol–water partition coefficient (Wildman–Crippen LogP) is 2.31. The van der Waals surface area contributed by atoms with Crippen molar-refractivity contribution in [3.8, 4) is 6.01 Å². The van der Waals surface area contributed by atoms with E-state index in [-0.39, 0.29) is 29.3 Å². The Kier molecular flexibility index (Phi) is 6.23. The molecular weight excluding hydrogens is 434 g/mol. The molecule has 2 N–H and O–H groups in total. The van der Waals surface area contributed by atoms with Gasteiger partial charge in [0.2, 0.25) is 0 Å². The van der Waals surface area contributed by atoms with Crippen LogP contribution in [0.1, 0.15) is 24.2 Å². The van der Waals surface area contributed by atoms with Gasteiger partial charge in [-0.25, -0.2) is 13.8 Å². The number of nitrogens with zero attached hydrogens (tertiary/aromatic N) is 4. The molecular formula is C22H24F2N6O3. The number of aromatic nitrogens is 3. The van der Waals surface area contributed by atoms with Gasteiger partial charge in [-0.1, -0.05) is 0 Å². The minimum absolute atomic E-state index is 0.0576. The second kappa shape index (κ2) is 9.10. The number of piperazine rings is 1. The molecule has 2 atom stereocenters. The first-order chi connectivity index (χ1) is 15.8. The first-order valence-corrected chi connectivity index (χ1v) is 10.4. The van der Waals surface area contributed by atoms with E-state index >= 15 is 0 Å². The second-order valence-corrected chi connectivity index (χ2v) is 8.05. The van der Waals surface area contributed by atoms with Crippen molar-refractivity contribution in [3.63, 3.8) is 0 Å². The number of benzene rings is 1. The Labute approximate surface area is 188 Å². The third-order valence-corrected chi connectivity index (χ3v) is 5.46. The number of fused-ring (bicyclic) bond motifs is 1. The number of amides is 1. The Morgan fingerprint density at radius 3 is 2.70 bits per heavy atom. The lowest BCUT2D eigenvalue weighted by atomic mass is 10.0. The number of carbonyl (C=O) groups excluding carboxylic acids is 1. The number of alkyl halides is 1. The molecule has 3 aromatic rings. The Morgan fingerprint density at radius 1 is 1.30 bits per heavy atom. The molecule has 0 radical (unpaired) electrons. The smallest absolute Gasteiger partial charge is 0.316 e. The number of ether oxygens (including phenoxy) is 1. The average Bonchev–Trinajstić information content (AvgIpc) is 2.79. The highest BCUT2D eigenvalue weighted by atomic mass is 19.1. The van der Waals surface area contributed by atoms with Gasteiger partial charge < -0.3 is 20.3 Å². The highest BCUT2D eigenvalue weighted by Crippen LogP contribution is 2.31. The topological polar surface area (TPSA) is 101 Å². The SMILES string of the molecule is COc1ncc2c(N3C[C@H](C)N[C@@H](C)C3)ccc(C(=O)Nc3cc(F)c(=O)n(CF)c3)c2n1. The van der Waals surface area contributed by atoms with Crippen LogP contribution in [-0.2, 0) is 6.80 Å². The van der Waals surface area contributed by atoms with Crippen LogP contribution in [0, 0.1) is 5.82 Å². The zero-order valence-corrected chi connectivity index (χ0v) is 18.4. The molecule has 3 heterocycles. The number of pyridine rings is 1. The normalized spacial score (nSPS) is 18.4. The molecule has 1 aromatic carbocycles. The summed E-state index contributed by atoms with van der Waals surface area (Å²) in [6.07, 6.45) is 2.65. The summed E-state index contributed by atoms with van der Waals surface area (Å²) < 4.78 is 32.6. The van der Waals surface area contributed by atoms with Crippen LogP contribution < -0.4 is 25.8 Å². The van der Waals surface area contributed by atoms with Crippen LogP contribution in [-0.4, -0.2) is 52.7 Å². The molecule has 0 spiro atoms. The van der Waals surface area contributed by atoms with Crippen LogP contribution in [0.3, 0.4) is 0 Å². The van der Waals surface area contributed by atoms with E-state index in [9.17, 15) is 18.4 Å². The molecule has 1 aliphatic heterocycles. The predicted molar refractivity (Wildman–Crippen MR) is 120 cm³/mol. The maximum Gasteiger partial charge on any atom is 0.316 e. The van der Waals surface area contributed by atoms with Crippen LogP contribution in [0.4, 0.5) is 20.2 Å². The van der Waals surface area contributed by atoms with Crippen molar-refractivity contribution >= 4 is 28.2 Å². The molecule has 4 rings (SSSR count). The van der Waals surface area contributed by atoms with E-state index in [1.165, 1.54) is 7.11 Å². The number of anilines is 2. The van der Waals surface area contributed by atoms with Gasteiger partial charge in [-0.2, -0.15) is 4.98 Å². The van der Waals surface area contributed by atoms with Crippen LogP contribution in [0.25, 0.3) is 10.9 Å². The van der Waals surface area contributed by atoms with Gasteiger partial charge in [-0.05, 0) is 26.0 Å². The molecule has 9 nitrogen and oxygen atoms in total. The van der Waals surface area contributed by atoms with Gasteiger partial charge >= 0.3 is 6.01 Å². The fourth-order valence-corrected chi connectivity index (χ4v) is 4.13. The van der Waals surface area contributed by atoms with Crippen LogP contribution in [0.2, 0.25) is 0 Å². The van der Waals surface area contributed by atoms with Gasteiger partial charge in [0, 0.05) is 54.7 Å². The Balaban J connectivity index is 1.76. The van der Waals surface area contributed by atoms with Crippen molar-refractivity contribution in [2.45, 2.75) is 32.7 Å². The van der Waals surface area contributed by atoms with E-state index in [0.29, 0.717) is 15.5 Å². The number of halogens is 2. The minimum Gasteiger partial charge on any atom is -0.467 e. The highest BCUT2D eigenvalue weighted by molar-refractivity contribution is 6.13. The lowest BCUT2D eigenvalue weighted by molar-refractivity contribution is 0.102. The van der Waals surface area contributed by atoms with Gasteiger partial charge in [0.05, 0.1) is 23.9 Å². The Morgan fingerprint density at radius 2 is 2.03 bits per heavy atom. The van der Waals surface area contributed by atoms with Crippen molar-refractivity contribution in [3.05, 3.63) is 52.3 Å². The molecule has 2 aromatic heterocycles. The fourth-order valence-electron chi connectivity index (χ4n) is 4.13. The van der Waals surface area contributed by atoms with Gasteiger partial charge in [0.25, 0.3) is 11.5 Å². The minimum atomic E-state index is -1.22. The van der Waals surface area contributed by atoms with Gasteiger partial charge in [0.15, 0.2) is 12.6 Å². The summed E-state index contributed by atoms with van der Waals surface area (Å²) in [7, 11) is 1.42. The van der Waals surface area contributed by atoms with Gasteiger partial charge in [0.1, 0.15) is 0 Å². The van der Waals surface area contributed by atoms with E-state index in [4.69, 9.17) is 4.74 Å². The van der Waals surface area contributed by atoms with Crippen LogP contribution >= 0.6 is 0 Å². The summed E-state index contributed by atoms with van der Waals surface area (Å²) >= 11 is 0. The van der Waals surface area contributed by atoms with Gasteiger partial charge in [-0.3, -0.25) is 14.2 Å². The van der Waals surface area contributed by atoms with Crippen molar-refractivity contribution in [2.24, 2.45) is 0 Å². The molecule has 174 valence electrons. The summed E-state index contributed by atoms with van der Waals surface area (Å²) in [5, 5.41) is 6.65.